The average Bonchev–Trinajstić information content (AvgIpc) is 2.90. The van der Waals surface area contributed by atoms with Gasteiger partial charge in [-0.05, 0) is 49.8 Å². The van der Waals surface area contributed by atoms with Crippen molar-refractivity contribution >= 4 is 33.3 Å². The van der Waals surface area contributed by atoms with Crippen LogP contribution in [-0.4, -0.2) is 15.0 Å². The molecule has 3 nitrogen and oxygen atoms in total. The standard InChI is InChI=1S/C18H19N3S2/c1-11-6-7-14-15(9-11)23-18-16(14)17(20-12(2)21-18)22-10-13-5-3-4-8-19-13/h3-5,8,11H,6-7,9-10H2,1-2H3/t11-/m1/s1. The molecule has 0 amide bonds. The van der Waals surface area contributed by atoms with Crippen LogP contribution in [0.1, 0.15) is 35.3 Å². The van der Waals surface area contributed by atoms with Gasteiger partial charge in [0.2, 0.25) is 0 Å². The molecule has 0 N–H and O–H groups in total. The summed E-state index contributed by atoms with van der Waals surface area (Å²) in [6.07, 6.45) is 5.49. The summed E-state index contributed by atoms with van der Waals surface area (Å²) in [5.41, 5.74) is 2.60. The number of fused-ring (bicyclic) bond motifs is 3. The van der Waals surface area contributed by atoms with Crippen LogP contribution in [0.5, 0.6) is 0 Å². The van der Waals surface area contributed by atoms with Crippen LogP contribution in [0.4, 0.5) is 0 Å². The summed E-state index contributed by atoms with van der Waals surface area (Å²) in [5.74, 6) is 2.51. The fourth-order valence-electron chi connectivity index (χ4n) is 3.14. The fraction of sp³-hybridized carbons (Fsp3) is 0.389. The number of thioether (sulfide) groups is 1. The quantitative estimate of drug-likeness (QED) is 0.506. The highest BCUT2D eigenvalue weighted by Gasteiger charge is 2.23. The summed E-state index contributed by atoms with van der Waals surface area (Å²) >= 11 is 3.66. The van der Waals surface area contributed by atoms with E-state index in [9.17, 15) is 0 Å². The third kappa shape index (κ3) is 3.00. The van der Waals surface area contributed by atoms with Crippen LogP contribution in [0.25, 0.3) is 10.2 Å². The predicted octanol–water partition coefficient (Wildman–Crippen LogP) is 4.81. The molecule has 0 aromatic carbocycles. The first-order chi connectivity index (χ1) is 11.2. The third-order valence-electron chi connectivity index (χ3n) is 4.32. The maximum Gasteiger partial charge on any atom is 0.128 e. The molecule has 0 spiro atoms. The second-order valence-corrected chi connectivity index (χ2v) is 8.27. The monoisotopic (exact) mass is 341 g/mol. The van der Waals surface area contributed by atoms with Gasteiger partial charge in [0, 0.05) is 22.2 Å². The van der Waals surface area contributed by atoms with Gasteiger partial charge in [0.05, 0.1) is 5.69 Å². The fourth-order valence-corrected chi connectivity index (χ4v) is 5.65. The molecule has 5 heteroatoms. The van der Waals surface area contributed by atoms with E-state index < -0.39 is 0 Å². The minimum Gasteiger partial charge on any atom is -0.260 e. The van der Waals surface area contributed by atoms with Crippen LogP contribution in [-0.2, 0) is 18.6 Å². The third-order valence-corrected chi connectivity index (χ3v) is 6.47. The first kappa shape index (κ1) is 15.1. The average molecular weight is 342 g/mol. The number of thiophene rings is 1. The lowest BCUT2D eigenvalue weighted by Crippen LogP contribution is -2.08. The van der Waals surface area contributed by atoms with Crippen molar-refractivity contribution in [3.8, 4) is 0 Å². The Hall–Kier alpha value is -1.46. The Kier molecular flexibility index (Phi) is 4.07. The Morgan fingerprint density at radius 1 is 1.30 bits per heavy atom. The van der Waals surface area contributed by atoms with Crippen molar-refractivity contribution < 1.29 is 0 Å². The molecule has 1 aliphatic carbocycles. The van der Waals surface area contributed by atoms with Gasteiger partial charge in [-0.25, -0.2) is 9.97 Å². The second-order valence-electron chi connectivity index (χ2n) is 6.22. The van der Waals surface area contributed by atoms with Crippen molar-refractivity contribution in [2.45, 2.75) is 43.9 Å². The van der Waals surface area contributed by atoms with E-state index >= 15 is 0 Å². The van der Waals surface area contributed by atoms with Crippen molar-refractivity contribution in [1.82, 2.24) is 15.0 Å². The smallest absolute Gasteiger partial charge is 0.128 e. The number of hydrogen-bond acceptors (Lipinski definition) is 5. The molecular weight excluding hydrogens is 322 g/mol. The Bertz CT molecular complexity index is 842. The van der Waals surface area contributed by atoms with E-state index in [0.717, 1.165) is 28.2 Å². The Labute approximate surface area is 144 Å². The predicted molar refractivity (Wildman–Crippen MR) is 97.1 cm³/mol. The normalized spacial score (nSPS) is 17.4. The second kappa shape index (κ2) is 6.21. The molecule has 3 aromatic rings. The molecule has 0 fully saturated rings. The highest BCUT2D eigenvalue weighted by molar-refractivity contribution is 7.98. The summed E-state index contributed by atoms with van der Waals surface area (Å²) in [7, 11) is 0. The first-order valence-corrected chi connectivity index (χ1v) is 9.82. The van der Waals surface area contributed by atoms with Crippen LogP contribution in [0, 0.1) is 12.8 Å². The summed E-state index contributed by atoms with van der Waals surface area (Å²) in [4.78, 5) is 16.6. The highest BCUT2D eigenvalue weighted by atomic mass is 32.2. The van der Waals surface area contributed by atoms with E-state index in [4.69, 9.17) is 9.97 Å². The van der Waals surface area contributed by atoms with Gasteiger partial charge in [-0.1, -0.05) is 24.8 Å². The van der Waals surface area contributed by atoms with Crippen molar-refractivity contribution in [3.05, 3.63) is 46.4 Å². The van der Waals surface area contributed by atoms with Gasteiger partial charge >= 0.3 is 0 Å². The topological polar surface area (TPSA) is 38.7 Å². The largest absolute Gasteiger partial charge is 0.260 e. The Morgan fingerprint density at radius 2 is 2.22 bits per heavy atom. The Morgan fingerprint density at radius 3 is 3.04 bits per heavy atom. The van der Waals surface area contributed by atoms with E-state index in [2.05, 4.69) is 18.0 Å². The molecule has 0 saturated carbocycles. The van der Waals surface area contributed by atoms with E-state index in [1.54, 1.807) is 11.8 Å². The van der Waals surface area contributed by atoms with E-state index in [1.165, 1.54) is 39.9 Å². The van der Waals surface area contributed by atoms with Crippen molar-refractivity contribution in [3.63, 3.8) is 0 Å². The molecule has 118 valence electrons. The van der Waals surface area contributed by atoms with Crippen molar-refractivity contribution in [2.75, 3.05) is 0 Å². The molecule has 0 saturated heterocycles. The van der Waals surface area contributed by atoms with Gasteiger partial charge in [0.25, 0.3) is 0 Å². The van der Waals surface area contributed by atoms with Crippen molar-refractivity contribution in [1.29, 1.82) is 0 Å². The number of hydrogen-bond donors (Lipinski definition) is 0. The molecule has 0 aliphatic heterocycles. The van der Waals surface area contributed by atoms with Gasteiger partial charge in [-0.2, -0.15) is 0 Å². The number of aryl methyl sites for hydroxylation is 2. The molecule has 1 atom stereocenters. The minimum absolute atomic E-state index is 0.786. The van der Waals surface area contributed by atoms with E-state index in [1.807, 2.05) is 36.6 Å². The number of rotatable bonds is 3. The SMILES string of the molecule is Cc1nc(SCc2ccccn2)c2c3c(sc2n1)C[C@H](C)CC3. The summed E-state index contributed by atoms with van der Waals surface area (Å²) < 4.78 is 0. The number of nitrogens with zero attached hydrogens (tertiary/aromatic N) is 3. The first-order valence-electron chi connectivity index (χ1n) is 8.02. The van der Waals surface area contributed by atoms with Gasteiger partial charge in [-0.3, -0.25) is 4.98 Å². The molecule has 0 radical (unpaired) electrons. The zero-order valence-corrected chi connectivity index (χ0v) is 15.0. The van der Waals surface area contributed by atoms with Gasteiger partial charge < -0.3 is 0 Å². The molecule has 1 aliphatic rings. The molecule has 3 heterocycles. The van der Waals surface area contributed by atoms with Gasteiger partial charge in [-0.15, -0.1) is 11.3 Å². The van der Waals surface area contributed by atoms with Gasteiger partial charge in [0.1, 0.15) is 15.7 Å². The van der Waals surface area contributed by atoms with Crippen LogP contribution in [0.3, 0.4) is 0 Å². The molecular formula is C18H19N3S2. The lowest BCUT2D eigenvalue weighted by atomic mass is 9.89. The molecule has 3 aromatic heterocycles. The molecule has 23 heavy (non-hydrogen) atoms. The van der Waals surface area contributed by atoms with Crippen LogP contribution >= 0.6 is 23.1 Å². The van der Waals surface area contributed by atoms with Crippen LogP contribution < -0.4 is 0 Å². The maximum atomic E-state index is 4.75. The highest BCUT2D eigenvalue weighted by Crippen LogP contribution is 2.41. The lowest BCUT2D eigenvalue weighted by Gasteiger charge is -2.18. The van der Waals surface area contributed by atoms with Crippen LogP contribution in [0.2, 0.25) is 0 Å². The minimum atomic E-state index is 0.786. The maximum absolute atomic E-state index is 4.75. The molecule has 4 rings (SSSR count). The van der Waals surface area contributed by atoms with E-state index in [-0.39, 0.29) is 0 Å². The number of pyridine rings is 1. The zero-order chi connectivity index (χ0) is 15.8. The number of aromatic nitrogens is 3. The summed E-state index contributed by atoms with van der Waals surface area (Å²) in [6.45, 7) is 4.34. The van der Waals surface area contributed by atoms with Gasteiger partial charge in [0.15, 0.2) is 0 Å². The molecule has 0 bridgehead atoms. The Balaban J connectivity index is 1.73. The van der Waals surface area contributed by atoms with Crippen LogP contribution in [0.15, 0.2) is 29.4 Å². The van der Waals surface area contributed by atoms with E-state index in [0.29, 0.717) is 0 Å². The lowest BCUT2D eigenvalue weighted by molar-refractivity contribution is 0.509. The van der Waals surface area contributed by atoms with Crippen molar-refractivity contribution in [2.24, 2.45) is 5.92 Å². The summed E-state index contributed by atoms with van der Waals surface area (Å²) in [5, 5.41) is 2.44. The zero-order valence-electron chi connectivity index (χ0n) is 13.4. The molecule has 0 unspecified atom stereocenters. The summed E-state index contributed by atoms with van der Waals surface area (Å²) in [6, 6.07) is 6.07.